The quantitative estimate of drug-likeness (QED) is 0.294. The molecule has 3 aromatic rings. The number of ether oxygens (including phenoxy) is 1. The van der Waals surface area contributed by atoms with Gasteiger partial charge in [0.1, 0.15) is 16.9 Å². The Hall–Kier alpha value is -3.38. The summed E-state index contributed by atoms with van der Waals surface area (Å²) in [6.45, 7) is 3.59. The van der Waals surface area contributed by atoms with Gasteiger partial charge in [0, 0.05) is 28.6 Å². The molecule has 1 N–H and O–H groups in total. The van der Waals surface area contributed by atoms with E-state index in [0.717, 1.165) is 5.56 Å². The summed E-state index contributed by atoms with van der Waals surface area (Å²) in [6.07, 6.45) is 2.88. The molecule has 0 bridgehead atoms. The van der Waals surface area contributed by atoms with E-state index in [1.807, 2.05) is 0 Å². The topological polar surface area (TPSA) is 85.6 Å². The van der Waals surface area contributed by atoms with Gasteiger partial charge in [-0.25, -0.2) is 9.59 Å². The molecule has 0 saturated heterocycles. The van der Waals surface area contributed by atoms with Crippen molar-refractivity contribution in [2.75, 3.05) is 0 Å². The molecule has 0 unspecified atom stereocenters. The van der Waals surface area contributed by atoms with Crippen LogP contribution in [0, 0.1) is 0 Å². The molecule has 148 valence electrons. The highest BCUT2D eigenvalue weighted by Crippen LogP contribution is 2.21. The molecule has 1 heterocycles. The van der Waals surface area contributed by atoms with E-state index in [4.69, 9.17) is 20.8 Å². The largest absolute Gasteiger partial charge is 0.423 e. The summed E-state index contributed by atoms with van der Waals surface area (Å²) in [5, 5.41) is 3.79. The van der Waals surface area contributed by atoms with Gasteiger partial charge in [-0.05, 0) is 55.8 Å². The summed E-state index contributed by atoms with van der Waals surface area (Å²) in [7, 11) is 0. The molecule has 29 heavy (non-hydrogen) atoms. The van der Waals surface area contributed by atoms with Crippen LogP contribution in [-0.2, 0) is 4.79 Å². The molecule has 1 aromatic heterocycles. The smallest absolute Gasteiger partial charge is 0.349 e. The number of hydrogen-bond acceptors (Lipinski definition) is 5. The van der Waals surface area contributed by atoms with Gasteiger partial charge >= 0.3 is 11.6 Å². The molecular weight excluding hydrogens is 394 g/mol. The lowest BCUT2D eigenvalue weighted by Crippen LogP contribution is -2.33. The molecule has 2 aromatic carbocycles. The predicted octanol–water partition coefficient (Wildman–Crippen LogP) is 4.20. The molecule has 0 fully saturated rings. The Morgan fingerprint density at radius 1 is 1.10 bits per heavy atom. The highest BCUT2D eigenvalue weighted by Gasteiger charge is 2.15. The summed E-state index contributed by atoms with van der Waals surface area (Å²) in [5.74, 6) is -0.876. The number of esters is 1. The van der Waals surface area contributed by atoms with E-state index in [0.29, 0.717) is 10.4 Å². The molecule has 0 saturated carbocycles. The minimum Gasteiger partial charge on any atom is -0.423 e. The fraction of sp³-hybridized carbons (Fsp3) is 0.136. The summed E-state index contributed by atoms with van der Waals surface area (Å²) in [5.41, 5.74) is 0.162. The first-order valence-electron chi connectivity index (χ1n) is 8.86. The van der Waals surface area contributed by atoms with E-state index in [-0.39, 0.29) is 22.9 Å². The van der Waals surface area contributed by atoms with Crippen molar-refractivity contribution in [1.29, 1.82) is 0 Å². The Bertz CT molecular complexity index is 1150. The van der Waals surface area contributed by atoms with E-state index in [2.05, 4.69) is 5.32 Å². The number of halogens is 1. The molecule has 0 aliphatic rings. The lowest BCUT2D eigenvalue weighted by Gasteiger charge is -2.08. The van der Waals surface area contributed by atoms with Gasteiger partial charge in [-0.1, -0.05) is 23.7 Å². The standard InChI is InChI=1S/C22H18ClNO5/c1-13(2)24-21(26)18-11-15-6-9-17(12-19(15)29-22(18)27)28-20(25)10-5-14-3-7-16(23)8-4-14/h3-13H,1-2H3,(H,24,26)/b10-5+. The van der Waals surface area contributed by atoms with Crippen molar-refractivity contribution in [2.24, 2.45) is 0 Å². The van der Waals surface area contributed by atoms with E-state index < -0.39 is 17.5 Å². The van der Waals surface area contributed by atoms with Crippen LogP contribution < -0.4 is 15.7 Å². The van der Waals surface area contributed by atoms with Crippen LogP contribution in [0.15, 0.2) is 63.8 Å². The second-order valence-electron chi connectivity index (χ2n) is 6.58. The number of benzene rings is 2. The minimum atomic E-state index is -0.762. The molecule has 1 amide bonds. The average molecular weight is 412 g/mol. The SMILES string of the molecule is CC(C)NC(=O)c1cc2ccc(OC(=O)/C=C/c3ccc(Cl)cc3)cc2oc1=O. The second-order valence-corrected chi connectivity index (χ2v) is 7.02. The number of fused-ring (bicyclic) bond motifs is 1. The normalized spacial score (nSPS) is 11.2. The maximum Gasteiger partial charge on any atom is 0.349 e. The van der Waals surface area contributed by atoms with Gasteiger partial charge in [0.15, 0.2) is 0 Å². The van der Waals surface area contributed by atoms with Crippen LogP contribution in [-0.4, -0.2) is 17.9 Å². The number of rotatable bonds is 5. The number of carbonyl (C=O) groups is 2. The summed E-state index contributed by atoms with van der Waals surface area (Å²) >= 11 is 5.82. The van der Waals surface area contributed by atoms with Crippen LogP contribution in [0.25, 0.3) is 17.0 Å². The highest BCUT2D eigenvalue weighted by atomic mass is 35.5. The van der Waals surface area contributed by atoms with E-state index in [9.17, 15) is 14.4 Å². The van der Waals surface area contributed by atoms with Gasteiger partial charge in [-0.3, -0.25) is 4.79 Å². The molecule has 0 aliphatic carbocycles. The van der Waals surface area contributed by atoms with Gasteiger partial charge in [0.25, 0.3) is 5.91 Å². The van der Waals surface area contributed by atoms with Crippen molar-refractivity contribution in [3.8, 4) is 5.75 Å². The summed E-state index contributed by atoms with van der Waals surface area (Å²) < 4.78 is 10.5. The van der Waals surface area contributed by atoms with Crippen LogP contribution in [0.1, 0.15) is 29.8 Å². The number of hydrogen-bond donors (Lipinski definition) is 1. The third-order valence-corrected chi connectivity index (χ3v) is 4.12. The Balaban J connectivity index is 1.77. The Labute approximate surface area is 171 Å². The number of carbonyl (C=O) groups excluding carboxylic acids is 2. The Morgan fingerprint density at radius 2 is 1.83 bits per heavy atom. The van der Waals surface area contributed by atoms with Crippen LogP contribution in [0.5, 0.6) is 5.75 Å². The van der Waals surface area contributed by atoms with Crippen LogP contribution in [0.4, 0.5) is 0 Å². The van der Waals surface area contributed by atoms with E-state index in [1.165, 1.54) is 18.2 Å². The van der Waals surface area contributed by atoms with Crippen molar-refractivity contribution in [3.63, 3.8) is 0 Å². The third kappa shape index (κ3) is 5.33. The van der Waals surface area contributed by atoms with Crippen molar-refractivity contribution in [2.45, 2.75) is 19.9 Å². The fourth-order valence-corrected chi connectivity index (χ4v) is 2.67. The number of nitrogens with one attached hydrogen (secondary N) is 1. The predicted molar refractivity (Wildman–Crippen MR) is 111 cm³/mol. The Morgan fingerprint density at radius 3 is 2.52 bits per heavy atom. The number of amides is 1. The zero-order valence-corrected chi connectivity index (χ0v) is 16.5. The summed E-state index contributed by atoms with van der Waals surface area (Å²) in [6, 6.07) is 12.9. The minimum absolute atomic E-state index is 0.0816. The zero-order valence-electron chi connectivity index (χ0n) is 15.8. The van der Waals surface area contributed by atoms with Crippen molar-refractivity contribution >= 4 is 40.5 Å². The summed E-state index contributed by atoms with van der Waals surface area (Å²) in [4.78, 5) is 36.2. The van der Waals surface area contributed by atoms with Gasteiger partial charge in [-0.15, -0.1) is 0 Å². The zero-order chi connectivity index (χ0) is 21.0. The lowest BCUT2D eigenvalue weighted by molar-refractivity contribution is -0.128. The molecule has 7 heteroatoms. The first-order valence-corrected chi connectivity index (χ1v) is 9.24. The molecule has 0 spiro atoms. The molecule has 0 aliphatic heterocycles. The second kappa shape index (κ2) is 8.75. The van der Waals surface area contributed by atoms with Gasteiger partial charge in [0.2, 0.25) is 0 Å². The molecule has 3 rings (SSSR count). The van der Waals surface area contributed by atoms with Crippen molar-refractivity contribution in [1.82, 2.24) is 5.32 Å². The van der Waals surface area contributed by atoms with Crippen molar-refractivity contribution in [3.05, 3.63) is 81.2 Å². The average Bonchev–Trinajstić information content (AvgIpc) is 2.66. The van der Waals surface area contributed by atoms with Gasteiger partial charge in [0.05, 0.1) is 0 Å². The molecule has 0 radical (unpaired) electrons. The van der Waals surface area contributed by atoms with Crippen LogP contribution in [0.2, 0.25) is 5.02 Å². The Kier molecular flexibility index (Phi) is 6.14. The van der Waals surface area contributed by atoms with Crippen LogP contribution >= 0.6 is 11.6 Å². The molecule has 6 nitrogen and oxygen atoms in total. The fourth-order valence-electron chi connectivity index (χ4n) is 2.54. The first-order chi connectivity index (χ1) is 13.8. The lowest BCUT2D eigenvalue weighted by atomic mass is 10.1. The van der Waals surface area contributed by atoms with E-state index in [1.54, 1.807) is 56.3 Å². The molecular formula is C22H18ClNO5. The van der Waals surface area contributed by atoms with Crippen LogP contribution in [0.3, 0.4) is 0 Å². The monoisotopic (exact) mass is 411 g/mol. The maximum atomic E-state index is 12.1. The highest BCUT2D eigenvalue weighted by molar-refractivity contribution is 6.30. The van der Waals surface area contributed by atoms with Gasteiger partial charge < -0.3 is 14.5 Å². The third-order valence-electron chi connectivity index (χ3n) is 3.87. The van der Waals surface area contributed by atoms with Crippen molar-refractivity contribution < 1.29 is 18.7 Å². The van der Waals surface area contributed by atoms with Gasteiger partial charge in [-0.2, -0.15) is 0 Å². The van der Waals surface area contributed by atoms with E-state index >= 15 is 0 Å². The maximum absolute atomic E-state index is 12.1. The first kappa shape index (κ1) is 20.4. The molecule has 0 atom stereocenters.